The molecule has 0 spiro atoms. The topological polar surface area (TPSA) is 72.3 Å². The molecule has 0 aliphatic carbocycles. The molecule has 0 amide bonds. The third-order valence-corrected chi connectivity index (χ3v) is 3.64. The second-order valence-corrected chi connectivity index (χ2v) is 5.02. The van der Waals surface area contributed by atoms with Crippen LogP contribution >= 0.6 is 11.8 Å². The molecule has 1 N–H and O–H groups in total. The van der Waals surface area contributed by atoms with E-state index in [0.717, 1.165) is 16.8 Å². The molecule has 7 heteroatoms. The van der Waals surface area contributed by atoms with Crippen molar-refractivity contribution >= 4 is 28.4 Å². The Morgan fingerprint density at radius 1 is 1.37 bits per heavy atom. The van der Waals surface area contributed by atoms with Crippen LogP contribution in [0.15, 0.2) is 34.2 Å². The smallest absolute Gasteiger partial charge is 0.294 e. The van der Waals surface area contributed by atoms with Gasteiger partial charge in [0, 0.05) is 12.9 Å². The molecule has 3 rings (SSSR count). The van der Waals surface area contributed by atoms with Crippen molar-refractivity contribution in [2.24, 2.45) is 0 Å². The van der Waals surface area contributed by atoms with Crippen LogP contribution in [0.1, 0.15) is 0 Å². The van der Waals surface area contributed by atoms with Gasteiger partial charge in [0.1, 0.15) is 0 Å². The summed E-state index contributed by atoms with van der Waals surface area (Å²) in [5.74, 6) is 0.762. The first-order valence-corrected chi connectivity index (χ1v) is 6.77. The van der Waals surface area contributed by atoms with Crippen LogP contribution in [-0.4, -0.2) is 39.1 Å². The normalized spacial score (nSPS) is 11.4. The first-order chi connectivity index (χ1) is 9.31. The van der Waals surface area contributed by atoms with Crippen molar-refractivity contribution in [3.8, 4) is 0 Å². The van der Waals surface area contributed by atoms with Crippen molar-refractivity contribution in [3.05, 3.63) is 34.6 Å². The number of ether oxygens (including phenoxy) is 1. The molecule has 0 atom stereocenters. The Morgan fingerprint density at radius 3 is 3.05 bits per heavy atom. The van der Waals surface area contributed by atoms with Gasteiger partial charge in [-0.1, -0.05) is 23.9 Å². The minimum absolute atomic E-state index is 0.232. The van der Waals surface area contributed by atoms with Gasteiger partial charge >= 0.3 is 0 Å². The standard InChI is InChI=1S/C12H12N4O2S/c1-18-6-7-19-12-15-14-10-11(17)13-8-4-2-3-5-9(8)16(10)12/h2-5H,6-7H2,1H3,(H,13,17). The Hall–Kier alpha value is -1.86. The summed E-state index contributed by atoms with van der Waals surface area (Å²) >= 11 is 1.52. The number of fused-ring (bicyclic) bond motifs is 3. The number of thioether (sulfide) groups is 1. The number of methoxy groups -OCH3 is 1. The number of rotatable bonds is 4. The number of aromatic amines is 1. The zero-order valence-electron chi connectivity index (χ0n) is 10.3. The van der Waals surface area contributed by atoms with Gasteiger partial charge in [0.15, 0.2) is 5.16 Å². The summed E-state index contributed by atoms with van der Waals surface area (Å²) in [6, 6.07) is 7.59. The highest BCUT2D eigenvalue weighted by Crippen LogP contribution is 2.19. The summed E-state index contributed by atoms with van der Waals surface area (Å²) in [6.07, 6.45) is 0. The second-order valence-electron chi connectivity index (χ2n) is 3.95. The summed E-state index contributed by atoms with van der Waals surface area (Å²) in [4.78, 5) is 14.7. The van der Waals surface area contributed by atoms with E-state index >= 15 is 0 Å². The van der Waals surface area contributed by atoms with Gasteiger partial charge in [-0.3, -0.25) is 9.20 Å². The van der Waals surface area contributed by atoms with E-state index in [1.807, 2.05) is 24.3 Å². The van der Waals surface area contributed by atoms with Crippen LogP contribution in [0.4, 0.5) is 0 Å². The zero-order valence-corrected chi connectivity index (χ0v) is 11.1. The molecule has 3 aromatic rings. The predicted molar refractivity (Wildman–Crippen MR) is 73.7 cm³/mol. The Morgan fingerprint density at radius 2 is 2.21 bits per heavy atom. The number of para-hydroxylation sites is 2. The fourth-order valence-corrected chi connectivity index (χ4v) is 2.74. The highest BCUT2D eigenvalue weighted by molar-refractivity contribution is 7.99. The highest BCUT2D eigenvalue weighted by atomic mass is 32.2. The molecule has 0 bridgehead atoms. The number of H-pyrrole nitrogens is 1. The Balaban J connectivity index is 2.21. The maximum Gasteiger partial charge on any atom is 0.294 e. The lowest BCUT2D eigenvalue weighted by Crippen LogP contribution is -2.11. The molecular formula is C12H12N4O2S. The van der Waals surface area contributed by atoms with Gasteiger partial charge in [-0.15, -0.1) is 10.2 Å². The minimum atomic E-state index is -0.232. The van der Waals surface area contributed by atoms with Gasteiger partial charge in [-0.05, 0) is 12.1 Å². The molecule has 1 aromatic carbocycles. The maximum absolute atomic E-state index is 11.9. The van der Waals surface area contributed by atoms with E-state index in [9.17, 15) is 4.79 Å². The number of hydrogen-bond acceptors (Lipinski definition) is 5. The number of nitrogens with zero attached hydrogens (tertiary/aromatic N) is 3. The molecule has 0 saturated heterocycles. The molecule has 0 aliphatic heterocycles. The van der Waals surface area contributed by atoms with E-state index in [1.54, 1.807) is 11.5 Å². The lowest BCUT2D eigenvalue weighted by atomic mass is 10.3. The van der Waals surface area contributed by atoms with Gasteiger partial charge < -0.3 is 9.72 Å². The first kappa shape index (κ1) is 12.2. The summed E-state index contributed by atoms with van der Waals surface area (Å²) in [7, 11) is 1.66. The van der Waals surface area contributed by atoms with Crippen LogP contribution in [0, 0.1) is 0 Å². The Bertz CT molecular complexity index is 780. The largest absolute Gasteiger partial charge is 0.384 e. The fourth-order valence-electron chi connectivity index (χ4n) is 1.90. The molecule has 0 aliphatic rings. The minimum Gasteiger partial charge on any atom is -0.384 e. The van der Waals surface area contributed by atoms with Crippen molar-refractivity contribution in [3.63, 3.8) is 0 Å². The number of nitrogens with one attached hydrogen (secondary N) is 1. The third kappa shape index (κ3) is 2.11. The average molecular weight is 276 g/mol. The van der Waals surface area contributed by atoms with Crippen molar-refractivity contribution in [2.45, 2.75) is 5.16 Å². The van der Waals surface area contributed by atoms with Crippen LogP contribution in [0.25, 0.3) is 16.7 Å². The zero-order chi connectivity index (χ0) is 13.2. The van der Waals surface area contributed by atoms with Crippen LogP contribution in [-0.2, 0) is 4.74 Å². The SMILES string of the molecule is COCCSc1nnc2c(=O)[nH]c3ccccc3n12. The molecular weight excluding hydrogens is 264 g/mol. The van der Waals surface area contributed by atoms with Crippen molar-refractivity contribution in [1.82, 2.24) is 19.6 Å². The Kier molecular flexibility index (Phi) is 3.22. The van der Waals surface area contributed by atoms with Gasteiger partial charge in [-0.2, -0.15) is 0 Å². The van der Waals surface area contributed by atoms with Crippen LogP contribution in [0.5, 0.6) is 0 Å². The summed E-state index contributed by atoms with van der Waals surface area (Å²) in [5.41, 5.74) is 1.75. The quantitative estimate of drug-likeness (QED) is 0.574. The number of benzene rings is 1. The van der Waals surface area contributed by atoms with Crippen molar-refractivity contribution in [1.29, 1.82) is 0 Å². The second kappa shape index (κ2) is 5.02. The highest BCUT2D eigenvalue weighted by Gasteiger charge is 2.12. The lowest BCUT2D eigenvalue weighted by Gasteiger charge is -2.03. The van der Waals surface area contributed by atoms with Gasteiger partial charge in [0.05, 0.1) is 17.6 Å². The lowest BCUT2D eigenvalue weighted by molar-refractivity contribution is 0.218. The predicted octanol–water partition coefficient (Wildman–Crippen LogP) is 1.31. The Labute approximate surface area is 112 Å². The summed E-state index contributed by atoms with van der Waals surface area (Å²) < 4.78 is 6.80. The molecule has 98 valence electrons. The number of hydrogen-bond donors (Lipinski definition) is 1. The summed E-state index contributed by atoms with van der Waals surface area (Å²) in [5, 5.41) is 8.74. The molecule has 6 nitrogen and oxygen atoms in total. The molecule has 2 heterocycles. The van der Waals surface area contributed by atoms with E-state index < -0.39 is 0 Å². The van der Waals surface area contributed by atoms with Gasteiger partial charge in [0.2, 0.25) is 5.65 Å². The molecule has 0 unspecified atom stereocenters. The van der Waals surface area contributed by atoms with Crippen LogP contribution in [0.3, 0.4) is 0 Å². The molecule has 0 radical (unpaired) electrons. The maximum atomic E-state index is 11.9. The fraction of sp³-hybridized carbons (Fsp3) is 0.250. The van der Waals surface area contributed by atoms with Crippen molar-refractivity contribution < 1.29 is 4.74 Å². The van der Waals surface area contributed by atoms with Crippen LogP contribution in [0.2, 0.25) is 0 Å². The van der Waals surface area contributed by atoms with Crippen LogP contribution < -0.4 is 5.56 Å². The molecule has 2 aromatic heterocycles. The summed E-state index contributed by atoms with van der Waals surface area (Å²) in [6.45, 7) is 0.626. The molecule has 0 fully saturated rings. The first-order valence-electron chi connectivity index (χ1n) is 5.79. The van der Waals surface area contributed by atoms with E-state index in [1.165, 1.54) is 11.8 Å². The number of aromatic nitrogens is 4. The average Bonchev–Trinajstić information content (AvgIpc) is 2.84. The molecule has 0 saturated carbocycles. The monoisotopic (exact) mass is 276 g/mol. The van der Waals surface area contributed by atoms with E-state index in [0.29, 0.717) is 17.4 Å². The van der Waals surface area contributed by atoms with Gasteiger partial charge in [0.25, 0.3) is 5.56 Å². The van der Waals surface area contributed by atoms with E-state index in [-0.39, 0.29) is 5.56 Å². The van der Waals surface area contributed by atoms with Crippen molar-refractivity contribution in [2.75, 3.05) is 19.5 Å². The van der Waals surface area contributed by atoms with E-state index in [4.69, 9.17) is 4.74 Å². The third-order valence-electron chi connectivity index (χ3n) is 2.75. The molecule has 19 heavy (non-hydrogen) atoms. The van der Waals surface area contributed by atoms with Gasteiger partial charge in [-0.25, -0.2) is 0 Å². The van der Waals surface area contributed by atoms with E-state index in [2.05, 4.69) is 15.2 Å².